The summed E-state index contributed by atoms with van der Waals surface area (Å²) in [7, 11) is 3.61. The Balaban J connectivity index is 1.49. The normalized spacial score (nSPS) is 17.1. The Hall–Kier alpha value is -3.27. The number of methoxy groups -OCH3 is 1. The van der Waals surface area contributed by atoms with Crippen molar-refractivity contribution < 1.29 is 4.74 Å². The minimum atomic E-state index is 0.0995. The van der Waals surface area contributed by atoms with E-state index in [1.807, 2.05) is 41.4 Å². The van der Waals surface area contributed by atoms with Gasteiger partial charge in [-0.05, 0) is 25.8 Å². The number of aryl methyl sites for hydroxylation is 2. The fourth-order valence-electron chi connectivity index (χ4n) is 3.76. The number of ether oxygens (including phenoxy) is 1. The minimum Gasteiger partial charge on any atom is -0.377 e. The molecule has 32 heavy (non-hydrogen) atoms. The molecule has 4 rings (SSSR count). The lowest BCUT2D eigenvalue weighted by molar-refractivity contribution is 0.177. The van der Waals surface area contributed by atoms with Gasteiger partial charge in [-0.3, -0.25) is 0 Å². The van der Waals surface area contributed by atoms with Crippen molar-refractivity contribution in [3.05, 3.63) is 59.2 Å². The van der Waals surface area contributed by atoms with E-state index in [1.54, 1.807) is 7.11 Å². The predicted molar refractivity (Wildman–Crippen MR) is 121 cm³/mol. The van der Waals surface area contributed by atoms with Gasteiger partial charge >= 0.3 is 0 Å². The summed E-state index contributed by atoms with van der Waals surface area (Å²) in [6.45, 7) is 5.66. The third-order valence-corrected chi connectivity index (χ3v) is 5.73. The molecule has 2 N–H and O–H groups in total. The largest absolute Gasteiger partial charge is 0.377 e. The molecule has 10 nitrogen and oxygen atoms in total. The molecule has 0 saturated heterocycles. The van der Waals surface area contributed by atoms with Crippen molar-refractivity contribution >= 4 is 5.96 Å². The third-order valence-electron chi connectivity index (χ3n) is 5.73. The lowest BCUT2D eigenvalue weighted by atomic mass is 10.1. The Morgan fingerprint density at radius 1 is 1.28 bits per heavy atom. The van der Waals surface area contributed by atoms with Crippen LogP contribution in [0, 0.1) is 6.92 Å². The molecule has 2 unspecified atom stereocenters. The lowest BCUT2D eigenvalue weighted by Gasteiger charge is -2.27. The second-order valence-corrected chi connectivity index (χ2v) is 8.10. The van der Waals surface area contributed by atoms with Crippen LogP contribution in [0.2, 0.25) is 0 Å². The summed E-state index contributed by atoms with van der Waals surface area (Å²) in [5.41, 5.74) is 1.20. The molecule has 3 heterocycles. The highest BCUT2D eigenvalue weighted by Gasteiger charge is 2.23. The number of aromatic nitrogens is 6. The maximum Gasteiger partial charge on any atom is 0.192 e. The second-order valence-electron chi connectivity index (χ2n) is 8.10. The Morgan fingerprint density at radius 3 is 2.81 bits per heavy atom. The standard InChI is InChI=1S/C22H31N9O/c1-15(17-8-6-5-7-9-17)24-22(23-12-21-28-27-16(2)30(21)3)25-18-10-11-20-26-19(14-32-4)29-31(20)13-18/h5-9,15,18H,10-14H2,1-4H3,(H2,23,24,25). The topological polar surface area (TPSA) is 107 Å². The fourth-order valence-corrected chi connectivity index (χ4v) is 3.76. The molecule has 1 aliphatic heterocycles. The van der Waals surface area contributed by atoms with E-state index in [0.717, 1.165) is 48.6 Å². The van der Waals surface area contributed by atoms with Crippen molar-refractivity contribution in [3.63, 3.8) is 0 Å². The molecule has 3 aromatic rings. The first kappa shape index (κ1) is 21.9. The van der Waals surface area contributed by atoms with Gasteiger partial charge < -0.3 is 19.9 Å². The van der Waals surface area contributed by atoms with Crippen LogP contribution in [0.5, 0.6) is 0 Å². The van der Waals surface area contributed by atoms with Gasteiger partial charge in [0.2, 0.25) is 0 Å². The SMILES string of the molecule is COCc1nc2n(n1)CC(NC(=NCc1nnc(C)n1C)NC(C)c1ccccc1)CC2. The minimum absolute atomic E-state index is 0.0995. The van der Waals surface area contributed by atoms with Crippen LogP contribution >= 0.6 is 0 Å². The van der Waals surface area contributed by atoms with Crippen LogP contribution in [0.15, 0.2) is 35.3 Å². The summed E-state index contributed by atoms with van der Waals surface area (Å²) >= 11 is 0. The molecule has 0 spiro atoms. The van der Waals surface area contributed by atoms with Crippen molar-refractivity contribution in [3.8, 4) is 0 Å². The molecule has 0 radical (unpaired) electrons. The zero-order valence-electron chi connectivity index (χ0n) is 19.1. The van der Waals surface area contributed by atoms with Gasteiger partial charge in [-0.25, -0.2) is 14.7 Å². The number of nitrogens with zero attached hydrogens (tertiary/aromatic N) is 7. The van der Waals surface area contributed by atoms with Crippen LogP contribution in [0.25, 0.3) is 0 Å². The Morgan fingerprint density at radius 2 is 2.09 bits per heavy atom. The number of aliphatic imine (C=N–C) groups is 1. The molecule has 1 aliphatic rings. The molecule has 2 aromatic heterocycles. The number of hydrogen-bond acceptors (Lipinski definition) is 6. The summed E-state index contributed by atoms with van der Waals surface area (Å²) in [5, 5.41) is 20.1. The number of nitrogens with one attached hydrogen (secondary N) is 2. The predicted octanol–water partition coefficient (Wildman–Crippen LogP) is 1.67. The van der Waals surface area contributed by atoms with Gasteiger partial charge in [0.25, 0.3) is 0 Å². The molecule has 0 bridgehead atoms. The fraction of sp³-hybridized carbons (Fsp3) is 0.500. The van der Waals surface area contributed by atoms with Crippen LogP contribution < -0.4 is 10.6 Å². The van der Waals surface area contributed by atoms with Gasteiger partial charge in [-0.2, -0.15) is 5.10 Å². The molecule has 2 atom stereocenters. The van der Waals surface area contributed by atoms with Crippen molar-refractivity contribution in [2.24, 2.45) is 12.0 Å². The summed E-state index contributed by atoms with van der Waals surface area (Å²) in [5.74, 6) is 4.17. The molecule has 0 saturated carbocycles. The number of fused-ring (bicyclic) bond motifs is 1. The van der Waals surface area contributed by atoms with E-state index < -0.39 is 0 Å². The number of benzene rings is 1. The maximum absolute atomic E-state index is 5.17. The summed E-state index contributed by atoms with van der Waals surface area (Å²) < 4.78 is 9.10. The van der Waals surface area contributed by atoms with Crippen LogP contribution in [0.4, 0.5) is 0 Å². The van der Waals surface area contributed by atoms with E-state index in [4.69, 9.17) is 9.73 Å². The third kappa shape index (κ3) is 5.13. The maximum atomic E-state index is 5.17. The highest BCUT2D eigenvalue weighted by atomic mass is 16.5. The summed E-state index contributed by atoms with van der Waals surface area (Å²) in [4.78, 5) is 9.39. The van der Waals surface area contributed by atoms with Gasteiger partial charge in [-0.15, -0.1) is 10.2 Å². The van der Waals surface area contributed by atoms with E-state index in [0.29, 0.717) is 13.2 Å². The van der Waals surface area contributed by atoms with Crippen molar-refractivity contribution in [2.45, 2.75) is 58.5 Å². The average molecular weight is 438 g/mol. The Bertz CT molecular complexity index is 1060. The number of guanidine groups is 1. The number of hydrogen-bond donors (Lipinski definition) is 2. The molecule has 1 aromatic carbocycles. The first-order valence-electron chi connectivity index (χ1n) is 10.9. The van der Waals surface area contributed by atoms with Gasteiger partial charge in [0.1, 0.15) is 24.8 Å². The Labute approximate surface area is 188 Å². The highest BCUT2D eigenvalue weighted by Crippen LogP contribution is 2.15. The van der Waals surface area contributed by atoms with Crippen LogP contribution in [0.3, 0.4) is 0 Å². The van der Waals surface area contributed by atoms with Crippen LogP contribution in [-0.2, 0) is 37.9 Å². The van der Waals surface area contributed by atoms with Crippen LogP contribution in [-0.4, -0.2) is 48.6 Å². The molecule has 0 fully saturated rings. The van der Waals surface area contributed by atoms with E-state index in [9.17, 15) is 0 Å². The highest BCUT2D eigenvalue weighted by molar-refractivity contribution is 5.80. The summed E-state index contributed by atoms with van der Waals surface area (Å²) in [6.07, 6.45) is 1.81. The monoisotopic (exact) mass is 437 g/mol. The van der Waals surface area contributed by atoms with E-state index in [2.05, 4.69) is 50.0 Å². The van der Waals surface area contributed by atoms with Gasteiger partial charge in [0.05, 0.1) is 12.6 Å². The first-order valence-corrected chi connectivity index (χ1v) is 10.9. The quantitative estimate of drug-likeness (QED) is 0.428. The molecule has 10 heteroatoms. The average Bonchev–Trinajstić information content (AvgIpc) is 3.35. The second kappa shape index (κ2) is 9.90. The molecular formula is C22H31N9O. The number of rotatable bonds is 7. The first-order chi connectivity index (χ1) is 15.5. The lowest BCUT2D eigenvalue weighted by Crippen LogP contribution is -2.47. The van der Waals surface area contributed by atoms with Gasteiger partial charge in [0, 0.05) is 26.6 Å². The molecule has 0 amide bonds. The van der Waals surface area contributed by atoms with E-state index in [1.165, 1.54) is 5.56 Å². The molecular weight excluding hydrogens is 406 g/mol. The van der Waals surface area contributed by atoms with Crippen molar-refractivity contribution in [1.82, 2.24) is 40.2 Å². The molecule has 170 valence electrons. The van der Waals surface area contributed by atoms with Gasteiger partial charge in [-0.1, -0.05) is 30.3 Å². The summed E-state index contributed by atoms with van der Waals surface area (Å²) in [6, 6.07) is 10.6. The Kier molecular flexibility index (Phi) is 6.79. The van der Waals surface area contributed by atoms with E-state index in [-0.39, 0.29) is 12.1 Å². The van der Waals surface area contributed by atoms with Crippen LogP contribution in [0.1, 0.15) is 48.2 Å². The van der Waals surface area contributed by atoms with Gasteiger partial charge in [0.15, 0.2) is 17.6 Å². The zero-order valence-corrected chi connectivity index (χ0v) is 19.1. The van der Waals surface area contributed by atoms with E-state index >= 15 is 0 Å². The van der Waals surface area contributed by atoms with Crippen molar-refractivity contribution in [2.75, 3.05) is 7.11 Å². The van der Waals surface area contributed by atoms with Crippen molar-refractivity contribution in [1.29, 1.82) is 0 Å². The smallest absolute Gasteiger partial charge is 0.192 e. The zero-order chi connectivity index (χ0) is 22.5. The molecule has 0 aliphatic carbocycles.